The van der Waals surface area contributed by atoms with Crippen LogP contribution in [0.15, 0.2) is 115 Å². The molecule has 6 aromatic carbocycles. The van der Waals surface area contributed by atoms with Crippen molar-refractivity contribution in [2.75, 3.05) is 9.80 Å². The molecule has 0 spiro atoms. The van der Waals surface area contributed by atoms with Gasteiger partial charge in [0.25, 0.3) is 6.71 Å². The van der Waals surface area contributed by atoms with Gasteiger partial charge in [-0.1, -0.05) is 157 Å². The third-order valence-electron chi connectivity index (χ3n) is 14.8. The van der Waals surface area contributed by atoms with Gasteiger partial charge in [-0.2, -0.15) is 0 Å². The van der Waals surface area contributed by atoms with E-state index in [-0.39, 0.29) is 33.8 Å². The number of aryl methyl sites for hydroxylation is 1. The molecule has 0 amide bonds. The first-order chi connectivity index (χ1) is 29.5. The summed E-state index contributed by atoms with van der Waals surface area (Å²) in [5.41, 5.74) is 21.5. The Morgan fingerprint density at radius 1 is 0.540 bits per heavy atom. The molecule has 1 aromatic heterocycles. The van der Waals surface area contributed by atoms with Crippen molar-refractivity contribution in [3.63, 3.8) is 0 Å². The molecule has 0 N–H and O–H groups in total. The summed E-state index contributed by atoms with van der Waals surface area (Å²) in [4.78, 5) is 5.26. The van der Waals surface area contributed by atoms with Gasteiger partial charge in [0, 0.05) is 43.2 Å². The lowest BCUT2D eigenvalue weighted by Crippen LogP contribution is -2.60. The third-order valence-corrected chi connectivity index (χ3v) is 16.1. The Balaban J connectivity index is 1.30. The molecule has 4 heteroatoms. The van der Waals surface area contributed by atoms with E-state index in [1.807, 2.05) is 11.3 Å². The van der Waals surface area contributed by atoms with Gasteiger partial charge in [0.05, 0.1) is 11.4 Å². The molecule has 7 aromatic rings. The molecule has 3 heterocycles. The average Bonchev–Trinajstić information content (AvgIpc) is 3.60. The van der Waals surface area contributed by atoms with Crippen molar-refractivity contribution in [3.05, 3.63) is 149 Å². The van der Waals surface area contributed by atoms with Crippen LogP contribution >= 0.6 is 11.3 Å². The van der Waals surface area contributed by atoms with Gasteiger partial charge in [-0.3, -0.25) is 0 Å². The molecule has 3 aliphatic rings. The van der Waals surface area contributed by atoms with Crippen molar-refractivity contribution >= 4 is 78.0 Å². The molecule has 2 aliphatic heterocycles. The van der Waals surface area contributed by atoms with Gasteiger partial charge in [0.1, 0.15) is 0 Å². The Labute approximate surface area is 382 Å². The van der Waals surface area contributed by atoms with Crippen molar-refractivity contribution in [1.82, 2.24) is 0 Å². The average molecular weight is 845 g/mol. The zero-order valence-electron chi connectivity index (χ0n) is 40.3. The Morgan fingerprint density at radius 2 is 1.11 bits per heavy atom. The van der Waals surface area contributed by atoms with Crippen molar-refractivity contribution in [1.29, 1.82) is 0 Å². The predicted molar refractivity (Wildman–Crippen MR) is 277 cm³/mol. The highest BCUT2D eigenvalue weighted by Crippen LogP contribution is 2.53. The highest BCUT2D eigenvalue weighted by atomic mass is 32.1. The normalized spacial score (nSPS) is 16.4. The molecule has 320 valence electrons. The molecule has 0 unspecified atom stereocenters. The van der Waals surface area contributed by atoms with Gasteiger partial charge in [0.2, 0.25) is 0 Å². The summed E-state index contributed by atoms with van der Waals surface area (Å²) in [6.45, 7) is 33.2. The van der Waals surface area contributed by atoms with E-state index in [4.69, 9.17) is 0 Å². The van der Waals surface area contributed by atoms with Crippen LogP contribution in [0.2, 0.25) is 0 Å². The van der Waals surface area contributed by atoms with Gasteiger partial charge in [-0.15, -0.1) is 11.3 Å². The largest absolute Gasteiger partial charge is 0.311 e. The van der Waals surface area contributed by atoms with E-state index in [1.165, 1.54) is 117 Å². The molecule has 63 heavy (non-hydrogen) atoms. The maximum absolute atomic E-state index is 2.69. The maximum Gasteiger partial charge on any atom is 0.264 e. The van der Waals surface area contributed by atoms with Crippen LogP contribution in [0.5, 0.6) is 0 Å². The van der Waals surface area contributed by atoms with Crippen LogP contribution < -0.4 is 25.5 Å². The smallest absolute Gasteiger partial charge is 0.264 e. The number of thiophene rings is 1. The highest BCUT2D eigenvalue weighted by Gasteiger charge is 2.46. The molecular formula is C59H65BN2S. The van der Waals surface area contributed by atoms with Crippen molar-refractivity contribution < 1.29 is 0 Å². The van der Waals surface area contributed by atoms with Crippen molar-refractivity contribution in [2.24, 2.45) is 0 Å². The minimum Gasteiger partial charge on any atom is -0.311 e. The number of anilines is 6. The third kappa shape index (κ3) is 6.72. The zero-order chi connectivity index (χ0) is 44.8. The molecule has 1 aliphatic carbocycles. The van der Waals surface area contributed by atoms with Crippen LogP contribution in [-0.4, -0.2) is 6.71 Å². The number of nitrogens with zero attached hydrogens (tertiary/aromatic N) is 2. The van der Waals surface area contributed by atoms with Crippen LogP contribution in [0.3, 0.4) is 0 Å². The second kappa shape index (κ2) is 14.0. The minimum atomic E-state index is -0.0179. The molecule has 0 radical (unpaired) electrons. The quantitative estimate of drug-likeness (QED) is 0.164. The lowest BCUT2D eigenvalue weighted by Gasteiger charge is -2.44. The molecule has 0 saturated carbocycles. The predicted octanol–water partition coefficient (Wildman–Crippen LogP) is 15.2. The van der Waals surface area contributed by atoms with Crippen LogP contribution in [0.4, 0.5) is 34.1 Å². The van der Waals surface area contributed by atoms with Crippen LogP contribution in [-0.2, 0) is 27.1 Å². The summed E-state index contributed by atoms with van der Waals surface area (Å²) in [5.74, 6) is 0. The summed E-state index contributed by atoms with van der Waals surface area (Å²) in [6, 6.07) is 45.7. The van der Waals surface area contributed by atoms with E-state index in [0.29, 0.717) is 0 Å². The Kier molecular flexibility index (Phi) is 9.30. The maximum atomic E-state index is 2.69. The standard InChI is InChI=1S/C59H65BN2S/c1-36-31-49-52-50(32-36)62(47-27-22-39(56(5,6)7)34-43(47)37-19-26-44-45(33-37)59(13,14)30-29-58(44,11)12)53-42-17-15-16-18-51(42)63-54(53)60(52)46-35-40(57(8,9)10)23-28-48(46)61(49)41-24-20-38(21-25-41)55(2,3)4/h15-28,31-35H,29-30H2,1-14H3. The fourth-order valence-electron chi connectivity index (χ4n) is 10.9. The zero-order valence-corrected chi connectivity index (χ0v) is 41.1. The second-order valence-corrected chi connectivity index (χ2v) is 24.5. The van der Waals surface area contributed by atoms with Crippen LogP contribution in [0, 0.1) is 6.92 Å². The molecule has 0 atom stereocenters. The SMILES string of the molecule is Cc1cc2c3c(c1)N(c1ccc(C(C)(C)C)cc1-c1ccc4c(c1)C(C)(C)CCC4(C)C)c1c(sc4ccccc14)B3c1cc(C(C)(C)C)ccc1N2c1ccc(C(C)(C)C)cc1. The lowest BCUT2D eigenvalue weighted by atomic mass is 9.36. The number of fused-ring (bicyclic) bond motifs is 7. The molecule has 2 nitrogen and oxygen atoms in total. The van der Waals surface area contributed by atoms with E-state index in [9.17, 15) is 0 Å². The van der Waals surface area contributed by atoms with E-state index in [0.717, 1.165) is 0 Å². The molecule has 10 rings (SSSR count). The number of hydrogen-bond donors (Lipinski definition) is 0. The first-order valence-corrected chi connectivity index (χ1v) is 24.2. The van der Waals surface area contributed by atoms with E-state index in [1.54, 1.807) is 0 Å². The van der Waals surface area contributed by atoms with Crippen molar-refractivity contribution in [2.45, 2.75) is 137 Å². The van der Waals surface area contributed by atoms with Gasteiger partial charge < -0.3 is 9.80 Å². The first-order valence-electron chi connectivity index (χ1n) is 23.3. The fraction of sp³-hybridized carbons (Fsp3) is 0.356. The van der Waals surface area contributed by atoms with Gasteiger partial charge in [-0.05, 0) is 145 Å². The van der Waals surface area contributed by atoms with Crippen molar-refractivity contribution in [3.8, 4) is 11.1 Å². The fourth-order valence-corrected chi connectivity index (χ4v) is 12.2. The van der Waals surface area contributed by atoms with Gasteiger partial charge in [0.15, 0.2) is 0 Å². The Morgan fingerprint density at radius 3 is 1.76 bits per heavy atom. The second-order valence-electron chi connectivity index (χ2n) is 23.5. The molecule has 0 fully saturated rings. The summed E-state index contributed by atoms with van der Waals surface area (Å²) in [5, 5.41) is 1.32. The topological polar surface area (TPSA) is 6.48 Å². The van der Waals surface area contributed by atoms with Gasteiger partial charge >= 0.3 is 0 Å². The summed E-state index contributed by atoms with van der Waals surface area (Å²) < 4.78 is 2.75. The summed E-state index contributed by atoms with van der Waals surface area (Å²) >= 11 is 1.99. The number of benzene rings is 6. The lowest BCUT2D eigenvalue weighted by molar-refractivity contribution is 0.332. The number of rotatable bonds is 3. The van der Waals surface area contributed by atoms with Gasteiger partial charge in [-0.25, -0.2) is 0 Å². The number of hydrogen-bond acceptors (Lipinski definition) is 3. The molecule has 0 saturated heterocycles. The first kappa shape index (κ1) is 41.9. The molecule has 0 bridgehead atoms. The summed E-state index contributed by atoms with van der Waals surface area (Å²) in [7, 11) is 0. The van der Waals surface area contributed by atoms with E-state index >= 15 is 0 Å². The minimum absolute atomic E-state index is 0.00332. The van der Waals surface area contributed by atoms with E-state index in [2.05, 4.69) is 222 Å². The van der Waals surface area contributed by atoms with Crippen LogP contribution in [0.1, 0.15) is 136 Å². The Bertz CT molecular complexity index is 2980. The Hall–Kier alpha value is -5.06. The monoisotopic (exact) mass is 844 g/mol. The van der Waals surface area contributed by atoms with E-state index < -0.39 is 0 Å². The summed E-state index contributed by atoms with van der Waals surface area (Å²) in [6.07, 6.45) is 2.39. The highest BCUT2D eigenvalue weighted by molar-refractivity contribution is 7.33. The van der Waals surface area contributed by atoms with Crippen LogP contribution in [0.25, 0.3) is 21.2 Å². The molecular weight excluding hydrogens is 780 g/mol.